The van der Waals surface area contributed by atoms with Crippen LogP contribution in [0.2, 0.25) is 0 Å². The van der Waals surface area contributed by atoms with Crippen LogP contribution in [0.3, 0.4) is 0 Å². The summed E-state index contributed by atoms with van der Waals surface area (Å²) in [5, 5.41) is 18.7. The summed E-state index contributed by atoms with van der Waals surface area (Å²) in [6.45, 7) is 7.34. The van der Waals surface area contributed by atoms with Gasteiger partial charge in [-0.3, -0.25) is 5.10 Å². The first kappa shape index (κ1) is 22.8. The summed E-state index contributed by atoms with van der Waals surface area (Å²) in [5.74, 6) is 2.78. The number of H-pyrrole nitrogens is 1. The zero-order valence-electron chi connectivity index (χ0n) is 19.2. The van der Waals surface area contributed by atoms with Gasteiger partial charge in [0, 0.05) is 44.1 Å². The third-order valence-electron chi connectivity index (χ3n) is 5.88. The lowest BCUT2D eigenvalue weighted by Gasteiger charge is -2.27. The Hall–Kier alpha value is -2.95. The Morgan fingerprint density at radius 3 is 2.76 bits per heavy atom. The number of aromatic nitrogens is 5. The van der Waals surface area contributed by atoms with Crippen LogP contribution in [-0.2, 0) is 0 Å². The summed E-state index contributed by atoms with van der Waals surface area (Å²) < 4.78 is 15.5. The molecular weight excluding hydrogens is 451 g/mol. The molecule has 1 unspecified atom stereocenters. The second-order valence-corrected chi connectivity index (χ2v) is 9.68. The average Bonchev–Trinajstić information content (AvgIpc) is 3.49. The Balaban J connectivity index is 1.40. The van der Waals surface area contributed by atoms with E-state index in [0.717, 1.165) is 61.7 Å². The molecule has 1 saturated heterocycles. The van der Waals surface area contributed by atoms with Crippen molar-refractivity contribution in [3.05, 3.63) is 71.6 Å². The third-order valence-corrected chi connectivity index (χ3v) is 7.22. The first-order valence-electron chi connectivity index (χ1n) is 11.6. The highest BCUT2D eigenvalue weighted by molar-refractivity contribution is 7.99. The molecule has 0 bridgehead atoms. The van der Waals surface area contributed by atoms with Gasteiger partial charge in [-0.05, 0) is 55.5 Å². The molecule has 3 aromatic heterocycles. The van der Waals surface area contributed by atoms with Crippen molar-refractivity contribution in [2.45, 2.75) is 18.6 Å². The van der Waals surface area contributed by atoms with Crippen LogP contribution in [-0.4, -0.2) is 68.2 Å². The van der Waals surface area contributed by atoms with Gasteiger partial charge in [0.05, 0.1) is 5.25 Å². The third kappa shape index (κ3) is 5.40. The monoisotopic (exact) mass is 480 g/mol. The molecule has 0 amide bonds. The van der Waals surface area contributed by atoms with E-state index in [1.807, 2.05) is 48.0 Å². The fraction of sp³-hybridized carbons (Fsp3) is 0.375. The normalized spacial score (nSPS) is 15.6. The summed E-state index contributed by atoms with van der Waals surface area (Å²) in [6, 6.07) is 12.5. The lowest BCUT2D eigenvalue weighted by Crippen LogP contribution is -2.43. The quantitative estimate of drug-likeness (QED) is 0.315. The summed E-state index contributed by atoms with van der Waals surface area (Å²) in [4.78, 5) is 7.42. The highest BCUT2D eigenvalue weighted by Crippen LogP contribution is 2.35. The number of aromatic amines is 1. The van der Waals surface area contributed by atoms with Crippen LogP contribution in [0.4, 0.5) is 16.0 Å². The number of nitrogens with one attached hydrogen (secondary N) is 3. The fourth-order valence-electron chi connectivity index (χ4n) is 4.14. The summed E-state index contributed by atoms with van der Waals surface area (Å²) in [6.07, 6.45) is 2.99. The number of piperazine rings is 1. The SMILES string of the molecule is Cc1cc(Nc2nc(C(SCCCN3CCNCC3)c3ccc(F)cc3)nn3cccc23)n[nH]1. The van der Waals surface area contributed by atoms with Crippen molar-refractivity contribution in [1.82, 2.24) is 35.0 Å². The fourth-order valence-corrected chi connectivity index (χ4v) is 5.27. The lowest BCUT2D eigenvalue weighted by atomic mass is 10.1. The van der Waals surface area contributed by atoms with E-state index in [-0.39, 0.29) is 11.1 Å². The van der Waals surface area contributed by atoms with Crippen molar-refractivity contribution >= 4 is 28.9 Å². The minimum atomic E-state index is -0.246. The molecule has 1 aliphatic heterocycles. The maximum atomic E-state index is 13.7. The molecule has 1 aromatic carbocycles. The van der Waals surface area contributed by atoms with Crippen molar-refractivity contribution in [3.8, 4) is 0 Å². The van der Waals surface area contributed by atoms with Gasteiger partial charge in [-0.2, -0.15) is 10.2 Å². The average molecular weight is 481 g/mol. The second-order valence-electron chi connectivity index (χ2n) is 8.47. The van der Waals surface area contributed by atoms with Gasteiger partial charge in [-0.25, -0.2) is 13.9 Å². The number of hydrogen-bond donors (Lipinski definition) is 3. The van der Waals surface area contributed by atoms with Crippen LogP contribution in [0.25, 0.3) is 5.52 Å². The highest BCUT2D eigenvalue weighted by atomic mass is 32.2. The predicted molar refractivity (Wildman–Crippen MR) is 134 cm³/mol. The lowest BCUT2D eigenvalue weighted by molar-refractivity contribution is 0.242. The zero-order valence-corrected chi connectivity index (χ0v) is 20.0. The van der Waals surface area contributed by atoms with Gasteiger partial charge in [0.1, 0.15) is 11.3 Å². The van der Waals surface area contributed by atoms with Crippen molar-refractivity contribution in [3.63, 3.8) is 0 Å². The van der Waals surface area contributed by atoms with Crippen LogP contribution in [0.5, 0.6) is 0 Å². The van der Waals surface area contributed by atoms with Gasteiger partial charge in [-0.1, -0.05) is 12.1 Å². The number of anilines is 2. The largest absolute Gasteiger partial charge is 0.322 e. The van der Waals surface area contributed by atoms with Crippen LogP contribution >= 0.6 is 11.8 Å². The number of fused-ring (bicyclic) bond motifs is 1. The maximum Gasteiger partial charge on any atom is 0.169 e. The Morgan fingerprint density at radius 2 is 2.00 bits per heavy atom. The molecule has 1 atom stereocenters. The smallest absolute Gasteiger partial charge is 0.169 e. The standard InChI is InChI=1S/C24H29FN8S/c1-17-16-21(30-29-17)27-23-20-4-2-12-33(20)31-24(28-23)22(18-5-7-19(25)8-6-18)34-15-3-11-32-13-9-26-10-14-32/h2,4-8,12,16,22,26H,3,9-11,13-15H2,1H3,(H2,27,28,29,30,31). The Kier molecular flexibility index (Phi) is 7.08. The highest BCUT2D eigenvalue weighted by Gasteiger charge is 2.21. The van der Waals surface area contributed by atoms with Gasteiger partial charge >= 0.3 is 0 Å². The molecule has 1 aliphatic rings. The molecule has 0 spiro atoms. The Bertz CT molecular complexity index is 1220. The van der Waals surface area contributed by atoms with E-state index in [9.17, 15) is 4.39 Å². The van der Waals surface area contributed by atoms with Gasteiger partial charge in [0.25, 0.3) is 0 Å². The first-order valence-corrected chi connectivity index (χ1v) is 12.6. The van der Waals surface area contributed by atoms with Crippen LogP contribution in [0.1, 0.15) is 28.8 Å². The molecule has 10 heteroatoms. The molecule has 0 saturated carbocycles. The molecule has 4 aromatic rings. The van der Waals surface area contributed by atoms with Crippen molar-refractivity contribution < 1.29 is 4.39 Å². The van der Waals surface area contributed by atoms with E-state index >= 15 is 0 Å². The first-order chi connectivity index (χ1) is 16.7. The molecule has 4 heterocycles. The van der Waals surface area contributed by atoms with Gasteiger partial charge < -0.3 is 15.5 Å². The molecule has 178 valence electrons. The van der Waals surface area contributed by atoms with Gasteiger partial charge in [0.15, 0.2) is 17.5 Å². The summed E-state index contributed by atoms with van der Waals surface area (Å²) >= 11 is 1.80. The molecule has 8 nitrogen and oxygen atoms in total. The molecule has 1 fully saturated rings. The van der Waals surface area contributed by atoms with Crippen molar-refractivity contribution in [2.75, 3.05) is 43.8 Å². The molecule has 0 aliphatic carbocycles. The predicted octanol–water partition coefficient (Wildman–Crippen LogP) is 3.76. The molecule has 34 heavy (non-hydrogen) atoms. The van der Waals surface area contributed by atoms with Crippen LogP contribution in [0, 0.1) is 12.7 Å². The van der Waals surface area contributed by atoms with Crippen LogP contribution < -0.4 is 10.6 Å². The van der Waals surface area contributed by atoms with E-state index in [4.69, 9.17) is 10.1 Å². The number of benzene rings is 1. The van der Waals surface area contributed by atoms with Crippen LogP contribution in [0.15, 0.2) is 48.7 Å². The van der Waals surface area contributed by atoms with E-state index in [0.29, 0.717) is 17.5 Å². The van der Waals surface area contributed by atoms with Gasteiger partial charge in [-0.15, -0.1) is 11.8 Å². The molecule has 5 rings (SSSR count). The maximum absolute atomic E-state index is 13.7. The summed E-state index contributed by atoms with van der Waals surface area (Å²) in [5.41, 5.74) is 2.82. The second kappa shape index (κ2) is 10.5. The molecule has 0 radical (unpaired) electrons. The van der Waals surface area contributed by atoms with Gasteiger partial charge in [0.2, 0.25) is 0 Å². The number of hydrogen-bond acceptors (Lipinski definition) is 7. The number of nitrogens with zero attached hydrogens (tertiary/aromatic N) is 5. The number of thioether (sulfide) groups is 1. The minimum Gasteiger partial charge on any atom is -0.322 e. The summed E-state index contributed by atoms with van der Waals surface area (Å²) in [7, 11) is 0. The number of aryl methyl sites for hydroxylation is 1. The van der Waals surface area contributed by atoms with E-state index < -0.39 is 0 Å². The molecule has 3 N–H and O–H groups in total. The Labute approximate surface area is 202 Å². The number of halogens is 1. The minimum absolute atomic E-state index is 0.114. The number of rotatable bonds is 9. The van der Waals surface area contributed by atoms with E-state index in [2.05, 4.69) is 25.7 Å². The molecular formula is C24H29FN8S. The topological polar surface area (TPSA) is 86.2 Å². The van der Waals surface area contributed by atoms with E-state index in [1.165, 1.54) is 12.1 Å². The Morgan fingerprint density at radius 1 is 1.18 bits per heavy atom. The van der Waals surface area contributed by atoms with E-state index in [1.54, 1.807) is 11.8 Å². The van der Waals surface area contributed by atoms with Crippen molar-refractivity contribution in [1.29, 1.82) is 0 Å². The van der Waals surface area contributed by atoms with Crippen molar-refractivity contribution in [2.24, 2.45) is 0 Å². The zero-order chi connectivity index (χ0) is 23.3.